The normalized spacial score (nSPS) is 11.1. The maximum atomic E-state index is 5.16. The van der Waals surface area contributed by atoms with Crippen LogP contribution in [0.1, 0.15) is 18.4 Å². The smallest absolute Gasteiger partial charge is 0.188 e. The minimum atomic E-state index is 0.588. The Balaban J connectivity index is 2.04. The summed E-state index contributed by atoms with van der Waals surface area (Å²) >= 11 is 1.55. The van der Waals surface area contributed by atoms with Crippen molar-refractivity contribution in [1.29, 1.82) is 0 Å². The van der Waals surface area contributed by atoms with Crippen molar-refractivity contribution in [1.82, 2.24) is 29.7 Å². The van der Waals surface area contributed by atoms with E-state index in [2.05, 4.69) is 32.0 Å². The monoisotopic (exact) mass is 330 g/mol. The Bertz CT molecular complexity index is 783. The second-order valence-corrected chi connectivity index (χ2v) is 5.92. The van der Waals surface area contributed by atoms with Crippen LogP contribution in [0.2, 0.25) is 0 Å². The van der Waals surface area contributed by atoms with Gasteiger partial charge in [-0.25, -0.2) is 24.6 Å². The van der Waals surface area contributed by atoms with Crippen LogP contribution in [0.15, 0.2) is 18.5 Å². The second kappa shape index (κ2) is 6.93. The average Bonchev–Trinajstić information content (AvgIpc) is 3.16. The molecule has 7 nitrogen and oxygen atoms in total. The van der Waals surface area contributed by atoms with Crippen LogP contribution in [0, 0.1) is 6.92 Å². The molecule has 0 unspecified atom stereocenters. The standard InChI is InChI=1S/C15H18N6OS/c1-4-11-12(14-18-10(2)20-21(14)8-9-22-3)23-15(19-11)13-16-6-5-7-17-13/h5-7H,4,8-9H2,1-3H3. The van der Waals surface area contributed by atoms with Crippen LogP contribution in [-0.2, 0) is 17.7 Å². The summed E-state index contributed by atoms with van der Waals surface area (Å²) in [5.41, 5.74) is 0.989. The highest BCUT2D eigenvalue weighted by Crippen LogP contribution is 2.33. The van der Waals surface area contributed by atoms with Crippen LogP contribution < -0.4 is 0 Å². The summed E-state index contributed by atoms with van der Waals surface area (Å²) in [5.74, 6) is 2.21. The minimum Gasteiger partial charge on any atom is -0.383 e. The predicted molar refractivity (Wildman–Crippen MR) is 88.1 cm³/mol. The van der Waals surface area contributed by atoms with E-state index in [0.29, 0.717) is 19.0 Å². The molecule has 0 aliphatic heterocycles. The van der Waals surface area contributed by atoms with Gasteiger partial charge in [-0.05, 0) is 19.4 Å². The molecule has 0 aromatic carbocycles. The molecule has 0 bridgehead atoms. The van der Waals surface area contributed by atoms with Crippen LogP contribution in [0.5, 0.6) is 0 Å². The molecule has 8 heteroatoms. The average molecular weight is 330 g/mol. The van der Waals surface area contributed by atoms with Gasteiger partial charge in [0.2, 0.25) is 0 Å². The van der Waals surface area contributed by atoms with Crippen molar-refractivity contribution < 1.29 is 4.74 Å². The van der Waals surface area contributed by atoms with Crippen molar-refractivity contribution in [2.24, 2.45) is 0 Å². The topological polar surface area (TPSA) is 78.6 Å². The van der Waals surface area contributed by atoms with Crippen molar-refractivity contribution >= 4 is 11.3 Å². The Hall–Kier alpha value is -2.19. The minimum absolute atomic E-state index is 0.588. The van der Waals surface area contributed by atoms with Gasteiger partial charge in [0.15, 0.2) is 16.7 Å². The van der Waals surface area contributed by atoms with Crippen LogP contribution >= 0.6 is 11.3 Å². The molecule has 0 saturated carbocycles. The van der Waals surface area contributed by atoms with Gasteiger partial charge in [0.05, 0.1) is 23.7 Å². The van der Waals surface area contributed by atoms with Gasteiger partial charge < -0.3 is 4.74 Å². The first kappa shape index (κ1) is 15.7. The molecule has 0 radical (unpaired) electrons. The fourth-order valence-electron chi connectivity index (χ4n) is 2.23. The van der Waals surface area contributed by atoms with Gasteiger partial charge in [0.25, 0.3) is 0 Å². The third kappa shape index (κ3) is 3.27. The van der Waals surface area contributed by atoms with Gasteiger partial charge in [-0.1, -0.05) is 6.92 Å². The molecule has 120 valence electrons. The first-order chi connectivity index (χ1) is 11.2. The molecule has 23 heavy (non-hydrogen) atoms. The van der Waals surface area contributed by atoms with Gasteiger partial charge >= 0.3 is 0 Å². The van der Waals surface area contributed by atoms with E-state index in [0.717, 1.165) is 33.6 Å². The molecule has 3 heterocycles. The first-order valence-electron chi connectivity index (χ1n) is 7.40. The van der Waals surface area contributed by atoms with Crippen LogP contribution in [0.4, 0.5) is 0 Å². The van der Waals surface area contributed by atoms with Gasteiger partial charge in [-0.3, -0.25) is 0 Å². The molecule has 0 amide bonds. The van der Waals surface area contributed by atoms with Crippen LogP contribution in [0.3, 0.4) is 0 Å². The Morgan fingerprint density at radius 2 is 2.00 bits per heavy atom. The maximum Gasteiger partial charge on any atom is 0.188 e. The molecule has 3 aromatic heterocycles. The molecule has 0 N–H and O–H groups in total. The van der Waals surface area contributed by atoms with E-state index < -0.39 is 0 Å². The number of thiazole rings is 1. The lowest BCUT2D eigenvalue weighted by Gasteiger charge is -2.04. The zero-order valence-electron chi connectivity index (χ0n) is 13.4. The second-order valence-electron chi connectivity index (χ2n) is 4.92. The number of aromatic nitrogens is 6. The highest BCUT2D eigenvalue weighted by molar-refractivity contribution is 7.18. The summed E-state index contributed by atoms with van der Waals surface area (Å²) in [6.45, 7) is 5.22. The van der Waals surface area contributed by atoms with Crippen molar-refractivity contribution in [2.45, 2.75) is 26.8 Å². The molecule has 0 saturated heterocycles. The van der Waals surface area contributed by atoms with Crippen molar-refractivity contribution in [3.63, 3.8) is 0 Å². The molecule has 0 atom stereocenters. The predicted octanol–water partition coefficient (Wildman–Crippen LogP) is 2.38. The highest BCUT2D eigenvalue weighted by atomic mass is 32.1. The molecular weight excluding hydrogens is 312 g/mol. The van der Waals surface area contributed by atoms with Crippen LogP contribution in [0.25, 0.3) is 21.5 Å². The number of hydrogen-bond acceptors (Lipinski definition) is 7. The third-order valence-electron chi connectivity index (χ3n) is 3.28. The Labute approximate surface area is 138 Å². The number of rotatable bonds is 6. The fraction of sp³-hybridized carbons (Fsp3) is 0.400. The lowest BCUT2D eigenvalue weighted by molar-refractivity contribution is 0.184. The van der Waals surface area contributed by atoms with E-state index in [4.69, 9.17) is 4.74 Å². The Morgan fingerprint density at radius 3 is 2.70 bits per heavy atom. The summed E-state index contributed by atoms with van der Waals surface area (Å²) in [5, 5.41) is 5.26. The highest BCUT2D eigenvalue weighted by Gasteiger charge is 2.19. The Morgan fingerprint density at radius 1 is 1.22 bits per heavy atom. The summed E-state index contributed by atoms with van der Waals surface area (Å²) in [6.07, 6.45) is 4.26. The van der Waals surface area contributed by atoms with Gasteiger partial charge in [0.1, 0.15) is 5.82 Å². The summed E-state index contributed by atoms with van der Waals surface area (Å²) in [7, 11) is 1.68. The van der Waals surface area contributed by atoms with Gasteiger partial charge in [0, 0.05) is 19.5 Å². The SMILES string of the molecule is CCc1nc(-c2ncccn2)sc1-c1nc(C)nn1CCOC. The number of nitrogens with zero attached hydrogens (tertiary/aromatic N) is 6. The summed E-state index contributed by atoms with van der Waals surface area (Å²) in [4.78, 5) is 18.8. The number of aryl methyl sites for hydroxylation is 2. The summed E-state index contributed by atoms with van der Waals surface area (Å²) < 4.78 is 7.03. The van der Waals surface area contributed by atoms with Gasteiger partial charge in [-0.2, -0.15) is 5.10 Å². The van der Waals surface area contributed by atoms with E-state index in [1.54, 1.807) is 36.9 Å². The largest absolute Gasteiger partial charge is 0.383 e. The van der Waals surface area contributed by atoms with E-state index >= 15 is 0 Å². The zero-order valence-corrected chi connectivity index (χ0v) is 14.2. The molecular formula is C15H18N6OS. The van der Waals surface area contributed by atoms with E-state index in [9.17, 15) is 0 Å². The number of ether oxygens (including phenoxy) is 1. The number of methoxy groups -OCH3 is 1. The maximum absolute atomic E-state index is 5.16. The van der Waals surface area contributed by atoms with Gasteiger partial charge in [-0.15, -0.1) is 11.3 Å². The molecule has 0 fully saturated rings. The molecule has 3 aromatic rings. The first-order valence-corrected chi connectivity index (χ1v) is 8.22. The van der Waals surface area contributed by atoms with Crippen molar-refractivity contribution in [2.75, 3.05) is 13.7 Å². The lowest BCUT2D eigenvalue weighted by Crippen LogP contribution is -2.08. The zero-order chi connectivity index (χ0) is 16.2. The van der Waals surface area contributed by atoms with Crippen LogP contribution in [-0.4, -0.2) is 43.4 Å². The number of hydrogen-bond donors (Lipinski definition) is 0. The lowest BCUT2D eigenvalue weighted by atomic mass is 10.3. The van der Waals surface area contributed by atoms with E-state index in [1.165, 1.54) is 0 Å². The third-order valence-corrected chi connectivity index (χ3v) is 4.37. The quantitative estimate of drug-likeness (QED) is 0.690. The van der Waals surface area contributed by atoms with E-state index in [1.807, 2.05) is 11.6 Å². The fourth-order valence-corrected chi connectivity index (χ4v) is 3.32. The molecule has 0 aliphatic rings. The molecule has 0 aliphatic carbocycles. The Kier molecular flexibility index (Phi) is 4.73. The van der Waals surface area contributed by atoms with Crippen molar-refractivity contribution in [3.05, 3.63) is 30.0 Å². The summed E-state index contributed by atoms with van der Waals surface area (Å²) in [6, 6.07) is 1.80. The molecule has 0 spiro atoms. The molecule has 3 rings (SSSR count). The van der Waals surface area contributed by atoms with E-state index in [-0.39, 0.29) is 0 Å². The van der Waals surface area contributed by atoms with Crippen molar-refractivity contribution in [3.8, 4) is 21.5 Å².